The predicted molar refractivity (Wildman–Crippen MR) is 60.9 cm³/mol. The average molecular weight is 217 g/mol. The van der Waals surface area contributed by atoms with Crippen molar-refractivity contribution in [1.82, 2.24) is 14.9 Å². The van der Waals surface area contributed by atoms with Gasteiger partial charge in [0.15, 0.2) is 0 Å². The van der Waals surface area contributed by atoms with Gasteiger partial charge < -0.3 is 5.11 Å². The molecule has 0 radical (unpaired) electrons. The summed E-state index contributed by atoms with van der Waals surface area (Å²) >= 11 is 0. The fraction of sp³-hybridized carbons (Fsp3) is 0.333. The number of hydrogen-bond donors (Lipinski definition) is 1. The number of aliphatic hydroxyl groups excluding tert-OH is 1. The van der Waals surface area contributed by atoms with Gasteiger partial charge in [-0.3, -0.25) is 4.90 Å². The van der Waals surface area contributed by atoms with Crippen molar-refractivity contribution in [2.45, 2.75) is 13.0 Å². The Labute approximate surface area is 94.9 Å². The van der Waals surface area contributed by atoms with Crippen LogP contribution in [0.5, 0.6) is 0 Å². The van der Waals surface area contributed by atoms with Gasteiger partial charge in [-0.25, -0.2) is 9.97 Å². The van der Waals surface area contributed by atoms with Crippen LogP contribution in [0.1, 0.15) is 11.3 Å². The summed E-state index contributed by atoms with van der Waals surface area (Å²) in [6, 6.07) is 7.82. The second kappa shape index (κ2) is 5.53. The Morgan fingerprint density at radius 2 is 2.25 bits per heavy atom. The largest absolute Gasteiger partial charge is 0.381 e. The molecule has 0 aromatic carbocycles. The molecule has 0 bridgehead atoms. The lowest BCUT2D eigenvalue weighted by molar-refractivity contribution is 0.0952. The van der Waals surface area contributed by atoms with Crippen LogP contribution in [0, 0.1) is 0 Å². The van der Waals surface area contributed by atoms with Gasteiger partial charge in [0.25, 0.3) is 0 Å². The van der Waals surface area contributed by atoms with E-state index in [1.807, 2.05) is 29.2 Å². The lowest BCUT2D eigenvalue weighted by atomic mass is 10.1. The number of fused-ring (bicyclic) bond motifs is 1. The molecule has 2 rings (SSSR count). The zero-order chi connectivity index (χ0) is 11.2. The zero-order valence-corrected chi connectivity index (χ0v) is 9.08. The van der Waals surface area contributed by atoms with Gasteiger partial charge in [0.2, 0.25) is 0 Å². The van der Waals surface area contributed by atoms with Gasteiger partial charge in [0.05, 0.1) is 6.73 Å². The molecule has 0 saturated carbocycles. The maximum atomic E-state index is 9.11. The van der Waals surface area contributed by atoms with E-state index in [1.165, 1.54) is 0 Å². The smallest absolute Gasteiger partial charge is 0.115 e. The van der Waals surface area contributed by atoms with Crippen LogP contribution in [0.3, 0.4) is 0 Å². The maximum absolute atomic E-state index is 9.11. The maximum Gasteiger partial charge on any atom is 0.115 e. The molecule has 0 saturated heterocycles. The number of aromatic nitrogens is 2. The molecular formula is C12H15N3O. The topological polar surface area (TPSA) is 49.2 Å². The summed E-state index contributed by atoms with van der Waals surface area (Å²) in [4.78, 5) is 10.4. The minimum absolute atomic E-state index is 0.0995. The number of rotatable bonds is 1. The van der Waals surface area contributed by atoms with Crippen LogP contribution in [0.15, 0.2) is 36.8 Å². The van der Waals surface area contributed by atoms with Gasteiger partial charge in [-0.2, -0.15) is 0 Å². The highest BCUT2D eigenvalue weighted by Gasteiger charge is 2.14. The van der Waals surface area contributed by atoms with Crippen LogP contribution in [-0.2, 0) is 13.0 Å². The van der Waals surface area contributed by atoms with Crippen LogP contribution in [0.4, 0.5) is 0 Å². The molecule has 0 unspecified atom stereocenters. The highest BCUT2D eigenvalue weighted by atomic mass is 16.3. The standard InChI is InChI=1S/C12H15N3O/c16-10-15-7-5-12-11(8-15)4-2-1-3-6-13-9-14-12/h1-4,6,9,16H,5,7-8,10H2. The van der Waals surface area contributed by atoms with Crippen molar-refractivity contribution < 1.29 is 5.11 Å². The fourth-order valence-corrected chi connectivity index (χ4v) is 1.73. The first-order chi connectivity index (χ1) is 7.90. The summed E-state index contributed by atoms with van der Waals surface area (Å²) < 4.78 is 0. The molecule has 0 aliphatic carbocycles. The second-order valence-electron chi connectivity index (χ2n) is 3.70. The van der Waals surface area contributed by atoms with Crippen molar-refractivity contribution in [3.05, 3.63) is 48.0 Å². The van der Waals surface area contributed by atoms with Gasteiger partial charge in [-0.05, 0) is 11.6 Å². The van der Waals surface area contributed by atoms with E-state index in [-0.39, 0.29) is 6.73 Å². The molecule has 1 aromatic rings. The van der Waals surface area contributed by atoms with Crippen LogP contribution in [0.25, 0.3) is 0 Å². The third-order valence-corrected chi connectivity index (χ3v) is 2.60. The van der Waals surface area contributed by atoms with Gasteiger partial charge in [-0.15, -0.1) is 0 Å². The second-order valence-corrected chi connectivity index (χ2v) is 3.70. The number of nitrogens with zero attached hydrogens (tertiary/aromatic N) is 3. The molecule has 4 nitrogen and oxygen atoms in total. The predicted octanol–water partition coefficient (Wildman–Crippen LogP) is 0.909. The Hall–Kier alpha value is -1.52. The number of hydrogen-bond acceptors (Lipinski definition) is 4. The molecule has 84 valence electrons. The van der Waals surface area contributed by atoms with Crippen LogP contribution in [-0.4, -0.2) is 33.2 Å². The first kappa shape index (κ1) is 11.0. The Morgan fingerprint density at radius 1 is 1.31 bits per heavy atom. The molecule has 1 aromatic heterocycles. The summed E-state index contributed by atoms with van der Waals surface area (Å²) in [7, 11) is 0. The fourth-order valence-electron chi connectivity index (χ4n) is 1.73. The van der Waals surface area contributed by atoms with Crippen molar-refractivity contribution in [1.29, 1.82) is 0 Å². The third kappa shape index (κ3) is 2.74. The molecule has 1 aliphatic rings. The lowest BCUT2D eigenvalue weighted by Crippen LogP contribution is -2.31. The summed E-state index contributed by atoms with van der Waals surface area (Å²) in [5.41, 5.74) is 2.21. The highest BCUT2D eigenvalue weighted by molar-refractivity contribution is 5.20. The van der Waals surface area contributed by atoms with Crippen LogP contribution < -0.4 is 0 Å². The summed E-state index contributed by atoms with van der Waals surface area (Å²) in [5, 5.41) is 9.11. The Balaban J connectivity index is 2.39. The molecule has 0 spiro atoms. The van der Waals surface area contributed by atoms with Crippen LogP contribution >= 0.6 is 0 Å². The van der Waals surface area contributed by atoms with Gasteiger partial charge in [0, 0.05) is 31.4 Å². The quantitative estimate of drug-likeness (QED) is 0.759. The van der Waals surface area contributed by atoms with E-state index in [0.717, 1.165) is 30.8 Å². The molecule has 0 amide bonds. The normalized spacial score (nSPS) is 15.1. The van der Waals surface area contributed by atoms with E-state index in [9.17, 15) is 0 Å². The zero-order valence-electron chi connectivity index (χ0n) is 9.08. The Kier molecular flexibility index (Phi) is 3.80. The van der Waals surface area contributed by atoms with E-state index in [0.29, 0.717) is 0 Å². The minimum atomic E-state index is 0.0995. The molecule has 0 atom stereocenters. The molecule has 0 fully saturated rings. The van der Waals surface area contributed by atoms with Crippen molar-refractivity contribution in [3.8, 4) is 0 Å². The Bertz CT molecular complexity index is 407. The summed E-state index contributed by atoms with van der Waals surface area (Å²) in [5.74, 6) is 0. The molecule has 1 aliphatic heterocycles. The molecular weight excluding hydrogens is 202 g/mol. The monoisotopic (exact) mass is 217 g/mol. The first-order valence-electron chi connectivity index (χ1n) is 5.34. The van der Waals surface area contributed by atoms with Crippen molar-refractivity contribution in [2.24, 2.45) is 0 Å². The Morgan fingerprint density at radius 3 is 3.12 bits per heavy atom. The number of aliphatic hydroxyl groups is 1. The van der Waals surface area contributed by atoms with E-state index in [2.05, 4.69) is 9.97 Å². The van der Waals surface area contributed by atoms with Crippen molar-refractivity contribution >= 4 is 0 Å². The molecule has 1 N–H and O–H groups in total. The summed E-state index contributed by atoms with van der Waals surface area (Å²) in [6.45, 7) is 1.69. The third-order valence-electron chi connectivity index (χ3n) is 2.60. The molecule has 2 heterocycles. The van der Waals surface area contributed by atoms with Crippen LogP contribution in [0.2, 0.25) is 0 Å². The molecule has 4 heteroatoms. The van der Waals surface area contributed by atoms with E-state index in [1.54, 1.807) is 12.5 Å². The van der Waals surface area contributed by atoms with Crippen molar-refractivity contribution in [2.75, 3.05) is 13.3 Å². The van der Waals surface area contributed by atoms with E-state index >= 15 is 0 Å². The SMILES string of the molecule is OCN1CCc2ncncccccc2C1. The highest BCUT2D eigenvalue weighted by Crippen LogP contribution is 2.13. The minimum Gasteiger partial charge on any atom is -0.381 e. The first-order valence-corrected chi connectivity index (χ1v) is 5.34. The van der Waals surface area contributed by atoms with E-state index in [4.69, 9.17) is 5.11 Å². The average Bonchev–Trinajstić information content (AvgIpc) is 2.34. The summed E-state index contributed by atoms with van der Waals surface area (Å²) in [6.07, 6.45) is 4.14. The van der Waals surface area contributed by atoms with Gasteiger partial charge >= 0.3 is 0 Å². The van der Waals surface area contributed by atoms with E-state index < -0.39 is 0 Å². The van der Waals surface area contributed by atoms with Crippen molar-refractivity contribution in [3.63, 3.8) is 0 Å². The lowest BCUT2D eigenvalue weighted by Gasteiger charge is -2.24. The molecule has 16 heavy (non-hydrogen) atoms. The van der Waals surface area contributed by atoms with Gasteiger partial charge in [-0.1, -0.05) is 18.2 Å². The van der Waals surface area contributed by atoms with Gasteiger partial charge in [0.1, 0.15) is 6.33 Å².